The Kier molecular flexibility index (Phi) is 32.2. The molecule has 3 rings (SSSR count). The molecule has 1 atom stereocenters. The maximum atomic E-state index is 14.7. The molecule has 23 heteroatoms. The number of benzene rings is 3. The molecule has 0 radical (unpaired) electrons. The molecule has 72 heavy (non-hydrogen) atoms. The van der Waals surface area contributed by atoms with Crippen molar-refractivity contribution >= 4 is 46.4 Å². The lowest BCUT2D eigenvalue weighted by molar-refractivity contribution is -0.124. The zero-order valence-electron chi connectivity index (χ0n) is 41.6. The first-order valence-corrected chi connectivity index (χ1v) is 27.3. The third kappa shape index (κ3) is 29.4. The van der Waals surface area contributed by atoms with E-state index in [-0.39, 0.29) is 47.3 Å². The van der Waals surface area contributed by atoms with E-state index < -0.39 is 29.6 Å². The molecule has 0 spiro atoms. The number of unbranched alkanes of at least 4 members (excludes halogenated alkanes) is 4. The Hall–Kier alpha value is -4.29. The highest BCUT2D eigenvalue weighted by atomic mass is 32.2. The minimum absolute atomic E-state index is 0.0121. The summed E-state index contributed by atoms with van der Waals surface area (Å²) >= 11 is 0. The Bertz CT molecular complexity index is 2120. The molecule has 0 bridgehead atoms. The molecule has 0 aromatic heterocycles. The SMILES string of the molecule is CN(C)c1ccc(N=Nc2ccc(S(=O)(=O)CCCOCCOCCOCCOCCOCCOCCOCCOCCC(=O)NCCCCCCCC(=O)C(F)c3ccccc3OP(=O)(O)O)cc2)cc1. The van der Waals surface area contributed by atoms with Gasteiger partial charge in [0.1, 0.15) is 5.75 Å². The number of rotatable bonds is 44. The number of hydrogen-bond acceptors (Lipinski definition) is 17. The number of carbonyl (C=O) groups is 2. The van der Waals surface area contributed by atoms with Gasteiger partial charge in [0.05, 0.1) is 121 Å². The van der Waals surface area contributed by atoms with Crippen LogP contribution in [0.4, 0.5) is 21.5 Å². The fourth-order valence-electron chi connectivity index (χ4n) is 6.40. The predicted octanol–water partition coefficient (Wildman–Crippen LogP) is 7.06. The summed E-state index contributed by atoms with van der Waals surface area (Å²) in [6.45, 7) is 6.73. The number of azo groups is 1. The van der Waals surface area contributed by atoms with Gasteiger partial charge in [-0.2, -0.15) is 10.2 Å². The van der Waals surface area contributed by atoms with Gasteiger partial charge in [-0.05, 0) is 73.9 Å². The quantitative estimate of drug-likeness (QED) is 0.0291. The number of amides is 1. The van der Waals surface area contributed by atoms with Crippen molar-refractivity contribution < 1.29 is 79.2 Å². The number of anilines is 1. The lowest BCUT2D eigenvalue weighted by atomic mass is 10.0. The summed E-state index contributed by atoms with van der Waals surface area (Å²) in [5, 5.41) is 11.3. The number of nitrogens with zero attached hydrogens (tertiary/aromatic N) is 3. The summed E-state index contributed by atoms with van der Waals surface area (Å²) in [7, 11) is -4.43. The van der Waals surface area contributed by atoms with Gasteiger partial charge in [-0.15, -0.1) is 0 Å². The molecule has 3 N–H and O–H groups in total. The first-order chi connectivity index (χ1) is 34.7. The van der Waals surface area contributed by atoms with Gasteiger partial charge >= 0.3 is 7.82 Å². The second kappa shape index (κ2) is 37.4. The fraction of sp³-hybridized carbons (Fsp3) is 0.592. The average Bonchev–Trinajstić information content (AvgIpc) is 3.35. The van der Waals surface area contributed by atoms with Crippen LogP contribution in [0.15, 0.2) is 87.9 Å². The van der Waals surface area contributed by atoms with Crippen molar-refractivity contribution in [1.29, 1.82) is 0 Å². The fourth-order valence-corrected chi connectivity index (χ4v) is 8.11. The van der Waals surface area contributed by atoms with Gasteiger partial charge in [0, 0.05) is 51.3 Å². The van der Waals surface area contributed by atoms with Crippen LogP contribution in [0.1, 0.15) is 63.1 Å². The topological polar surface area (TPSA) is 249 Å². The van der Waals surface area contributed by atoms with Crippen LogP contribution < -0.4 is 14.7 Å². The molecular formula is C49H74FN4O16PS. The number of sulfone groups is 1. The number of carbonyl (C=O) groups excluding carboxylic acids is 2. The van der Waals surface area contributed by atoms with Crippen molar-refractivity contribution in [3.05, 3.63) is 78.4 Å². The molecule has 0 saturated heterocycles. The van der Waals surface area contributed by atoms with E-state index in [9.17, 15) is 27.0 Å². The Labute approximate surface area is 423 Å². The molecule has 3 aromatic carbocycles. The Morgan fingerprint density at radius 2 is 1.04 bits per heavy atom. The van der Waals surface area contributed by atoms with E-state index in [1.54, 1.807) is 24.3 Å². The Morgan fingerprint density at radius 1 is 0.597 bits per heavy atom. The number of ether oxygens (including phenoxy) is 8. The molecular weight excluding hydrogens is 983 g/mol. The molecule has 20 nitrogen and oxygen atoms in total. The second-order valence-corrected chi connectivity index (χ2v) is 19.5. The molecule has 0 aliphatic heterocycles. The van der Waals surface area contributed by atoms with E-state index in [1.165, 1.54) is 24.3 Å². The van der Waals surface area contributed by atoms with E-state index in [4.69, 9.17) is 47.7 Å². The van der Waals surface area contributed by atoms with Crippen molar-refractivity contribution in [3.8, 4) is 5.75 Å². The number of ketones is 1. The maximum Gasteiger partial charge on any atom is 0.524 e. The third-order valence-corrected chi connectivity index (χ3v) is 12.5. The number of Topliss-reactive ketones (excluding diaryl/α,β-unsaturated/α-hetero) is 1. The average molecular weight is 1060 g/mol. The summed E-state index contributed by atoms with van der Waals surface area (Å²) < 4.78 is 99.8. The molecule has 0 aliphatic rings. The molecule has 404 valence electrons. The summed E-state index contributed by atoms with van der Waals surface area (Å²) in [6, 6.07) is 19.3. The molecule has 3 aromatic rings. The normalized spacial score (nSPS) is 12.3. The Morgan fingerprint density at radius 3 is 1.54 bits per heavy atom. The zero-order chi connectivity index (χ0) is 52.1. The van der Waals surface area contributed by atoms with Crippen molar-refractivity contribution in [3.63, 3.8) is 0 Å². The molecule has 0 heterocycles. The van der Waals surface area contributed by atoms with Gasteiger partial charge < -0.3 is 52.6 Å². The summed E-state index contributed by atoms with van der Waals surface area (Å²) in [4.78, 5) is 44.6. The highest BCUT2D eigenvalue weighted by Crippen LogP contribution is 2.41. The second-order valence-electron chi connectivity index (χ2n) is 16.2. The highest BCUT2D eigenvalue weighted by Gasteiger charge is 2.26. The van der Waals surface area contributed by atoms with Gasteiger partial charge in [0.2, 0.25) is 5.91 Å². The van der Waals surface area contributed by atoms with E-state index in [2.05, 4.69) is 20.1 Å². The van der Waals surface area contributed by atoms with Crippen molar-refractivity contribution in [1.82, 2.24) is 5.32 Å². The molecule has 1 amide bonds. The van der Waals surface area contributed by atoms with E-state index in [1.807, 2.05) is 43.3 Å². The monoisotopic (exact) mass is 1060 g/mol. The van der Waals surface area contributed by atoms with Gasteiger partial charge in [-0.3, -0.25) is 19.4 Å². The van der Waals surface area contributed by atoms with E-state index >= 15 is 0 Å². The molecule has 1 unspecified atom stereocenters. The first-order valence-electron chi connectivity index (χ1n) is 24.2. The number of alkyl halides is 1. The summed E-state index contributed by atoms with van der Waals surface area (Å²) in [6.07, 6.45) is 2.11. The first kappa shape index (κ1) is 62.0. The summed E-state index contributed by atoms with van der Waals surface area (Å²) in [5.41, 5.74) is 2.11. The lowest BCUT2D eigenvalue weighted by Crippen LogP contribution is -2.25. The number of halogens is 1. The zero-order valence-corrected chi connectivity index (χ0v) is 43.3. The minimum Gasteiger partial charge on any atom is -0.404 e. The smallest absolute Gasteiger partial charge is 0.404 e. The van der Waals surface area contributed by atoms with Crippen molar-refractivity contribution in [2.45, 2.75) is 62.4 Å². The van der Waals surface area contributed by atoms with Gasteiger partial charge in [0.15, 0.2) is 21.8 Å². The van der Waals surface area contributed by atoms with E-state index in [0.717, 1.165) is 24.9 Å². The molecule has 0 fully saturated rings. The number of nitrogens with one attached hydrogen (secondary N) is 1. The third-order valence-electron chi connectivity index (χ3n) is 10.2. The number of phosphoric acid groups is 1. The lowest BCUT2D eigenvalue weighted by Gasteiger charge is -2.14. The molecule has 0 saturated carbocycles. The van der Waals surface area contributed by atoms with Gasteiger partial charge in [0.25, 0.3) is 0 Å². The van der Waals surface area contributed by atoms with Crippen LogP contribution in [-0.4, -0.2) is 162 Å². The van der Waals surface area contributed by atoms with Crippen LogP contribution in [0.2, 0.25) is 0 Å². The van der Waals surface area contributed by atoms with E-state index in [0.29, 0.717) is 136 Å². The van der Waals surface area contributed by atoms with Gasteiger partial charge in [-0.1, -0.05) is 37.5 Å². The standard InChI is InChI=1S/C49H74FN4O16PS/c1-54(2)43-18-14-41(15-19-43)52-53-42-16-20-44(21-17-42)72(60,61)40-10-24-62-26-28-64-30-32-66-34-36-68-38-39-69-37-35-67-33-31-65-29-27-63-25-22-48(56)51-23-9-5-3-4-6-12-46(55)49(50)45-11-7-8-13-47(45)70-71(57,58)59/h7-8,11,13-21,49H,3-6,9-10,12,22-40H2,1-2H3,(H,51,56)(H2,57,58,59). The van der Waals surface area contributed by atoms with Crippen LogP contribution in [-0.2, 0) is 61.9 Å². The van der Waals surface area contributed by atoms with Gasteiger partial charge in [-0.25, -0.2) is 17.4 Å². The Balaban J connectivity index is 0.984. The molecule has 0 aliphatic carbocycles. The minimum atomic E-state index is -4.90. The van der Waals surface area contributed by atoms with Crippen molar-refractivity contribution in [2.75, 3.05) is 137 Å². The number of para-hydroxylation sites is 1. The number of phosphoric ester groups is 1. The van der Waals surface area contributed by atoms with Crippen LogP contribution in [0.25, 0.3) is 0 Å². The summed E-state index contributed by atoms with van der Waals surface area (Å²) in [5.74, 6) is -1.19. The predicted molar refractivity (Wildman–Crippen MR) is 268 cm³/mol. The van der Waals surface area contributed by atoms with Crippen LogP contribution in [0, 0.1) is 0 Å². The largest absolute Gasteiger partial charge is 0.524 e. The van der Waals surface area contributed by atoms with Crippen LogP contribution in [0.3, 0.4) is 0 Å². The highest BCUT2D eigenvalue weighted by molar-refractivity contribution is 7.91. The van der Waals surface area contributed by atoms with Crippen LogP contribution >= 0.6 is 7.82 Å². The maximum absolute atomic E-state index is 14.7. The van der Waals surface area contributed by atoms with Crippen molar-refractivity contribution in [2.24, 2.45) is 10.2 Å². The number of hydrogen-bond donors (Lipinski definition) is 3. The van der Waals surface area contributed by atoms with Crippen LogP contribution in [0.5, 0.6) is 5.75 Å².